The van der Waals surface area contributed by atoms with Gasteiger partial charge in [0.1, 0.15) is 16.3 Å². The number of aliphatic hydroxyl groups is 1. The first kappa shape index (κ1) is 20.2. The molecule has 0 aliphatic rings. The van der Waals surface area contributed by atoms with Gasteiger partial charge in [0.2, 0.25) is 0 Å². The van der Waals surface area contributed by atoms with E-state index >= 15 is 0 Å². The van der Waals surface area contributed by atoms with Crippen molar-refractivity contribution < 1.29 is 22.3 Å². The zero-order valence-corrected chi connectivity index (χ0v) is 16.3. The molecule has 0 saturated carbocycles. The second-order valence-corrected chi connectivity index (χ2v) is 8.85. The summed E-state index contributed by atoms with van der Waals surface area (Å²) >= 11 is 1.43. The molecule has 1 atom stereocenters. The molecule has 0 radical (unpaired) electrons. The number of nitrogens with one attached hydrogen (secondary N) is 2. The number of benzene rings is 1. The summed E-state index contributed by atoms with van der Waals surface area (Å²) in [6, 6.07) is 9.13. The van der Waals surface area contributed by atoms with Gasteiger partial charge in [0.15, 0.2) is 11.6 Å². The van der Waals surface area contributed by atoms with E-state index < -0.39 is 27.3 Å². The number of rotatable bonds is 7. The lowest BCUT2D eigenvalue weighted by Crippen LogP contribution is -2.30. The summed E-state index contributed by atoms with van der Waals surface area (Å²) in [4.78, 5) is 4.67. The lowest BCUT2D eigenvalue weighted by molar-refractivity contribution is 0.0753. The zero-order chi connectivity index (χ0) is 20.4. The highest BCUT2D eigenvalue weighted by Gasteiger charge is 2.24. The largest absolute Gasteiger partial charge is 0.383 e. The molecular weight excluding hydrogens is 408 g/mol. The van der Waals surface area contributed by atoms with E-state index in [9.17, 15) is 22.3 Å². The van der Waals surface area contributed by atoms with Crippen LogP contribution in [0.2, 0.25) is 0 Å². The van der Waals surface area contributed by atoms with E-state index in [2.05, 4.69) is 15.0 Å². The zero-order valence-electron chi connectivity index (χ0n) is 14.7. The topological polar surface area (TPSA) is 91.3 Å². The molecule has 0 saturated heterocycles. The highest BCUT2D eigenvalue weighted by atomic mass is 32.2. The number of aromatic nitrogens is 1. The summed E-state index contributed by atoms with van der Waals surface area (Å²) in [5, 5.41) is 15.3. The van der Waals surface area contributed by atoms with E-state index in [4.69, 9.17) is 0 Å². The van der Waals surface area contributed by atoms with Crippen LogP contribution in [0.4, 0.5) is 20.3 Å². The Labute approximate surface area is 164 Å². The van der Waals surface area contributed by atoms with E-state index in [0.29, 0.717) is 5.82 Å². The third kappa shape index (κ3) is 4.64. The van der Waals surface area contributed by atoms with E-state index in [1.165, 1.54) is 23.5 Å². The van der Waals surface area contributed by atoms with Crippen molar-refractivity contribution in [3.05, 3.63) is 70.6 Å². The quantitative estimate of drug-likeness (QED) is 0.539. The van der Waals surface area contributed by atoms with E-state index in [-0.39, 0.29) is 17.1 Å². The van der Waals surface area contributed by atoms with Gasteiger partial charge in [0.25, 0.3) is 10.0 Å². The fourth-order valence-electron chi connectivity index (χ4n) is 2.35. The minimum absolute atomic E-state index is 0.104. The minimum Gasteiger partial charge on any atom is -0.383 e. The third-order valence-electron chi connectivity index (χ3n) is 3.88. The van der Waals surface area contributed by atoms with Gasteiger partial charge in [-0.15, -0.1) is 11.3 Å². The molecule has 3 rings (SSSR count). The van der Waals surface area contributed by atoms with Crippen LogP contribution < -0.4 is 10.0 Å². The predicted octanol–water partition coefficient (Wildman–Crippen LogP) is 3.54. The Morgan fingerprint density at radius 2 is 1.96 bits per heavy atom. The number of nitrogens with zero attached hydrogens (tertiary/aromatic N) is 1. The number of hydrogen-bond acceptors (Lipinski definition) is 6. The van der Waals surface area contributed by atoms with Crippen LogP contribution in [0.25, 0.3) is 0 Å². The number of sulfonamides is 1. The smallest absolute Gasteiger partial charge is 0.263 e. The molecule has 0 aliphatic carbocycles. The molecule has 0 aliphatic heterocycles. The normalized spacial score (nSPS) is 13.7. The lowest BCUT2D eigenvalue weighted by Gasteiger charge is -2.22. The molecule has 0 fully saturated rings. The van der Waals surface area contributed by atoms with Crippen molar-refractivity contribution in [1.29, 1.82) is 0 Å². The Balaban J connectivity index is 1.68. The summed E-state index contributed by atoms with van der Waals surface area (Å²) in [6.07, 6.45) is 1.13. The maximum Gasteiger partial charge on any atom is 0.263 e. The maximum atomic E-state index is 13.2. The van der Waals surface area contributed by atoms with Gasteiger partial charge in [-0.1, -0.05) is 6.07 Å². The molecule has 0 spiro atoms. The van der Waals surface area contributed by atoms with Gasteiger partial charge in [0, 0.05) is 23.7 Å². The molecule has 0 bridgehead atoms. The summed E-state index contributed by atoms with van der Waals surface area (Å²) in [6.45, 7) is 1.84. The molecular formula is C18H17F2N3O3S2. The van der Waals surface area contributed by atoms with Crippen molar-refractivity contribution in [3.63, 3.8) is 0 Å². The second kappa shape index (κ2) is 7.82. The van der Waals surface area contributed by atoms with Gasteiger partial charge >= 0.3 is 0 Å². The van der Waals surface area contributed by atoms with E-state index in [1.54, 1.807) is 6.92 Å². The average Bonchev–Trinajstić information content (AvgIpc) is 3.19. The Morgan fingerprint density at radius 1 is 1.18 bits per heavy atom. The fourth-order valence-corrected chi connectivity index (χ4v) is 4.13. The molecule has 0 amide bonds. The number of halogens is 2. The Morgan fingerprint density at radius 3 is 2.57 bits per heavy atom. The SMILES string of the molecule is CC(O)(CNc1ccc(S(=O)(=O)Nc2ccc(F)c(F)c2)cn1)c1cccs1. The summed E-state index contributed by atoms with van der Waals surface area (Å²) in [5.41, 5.74) is -1.21. The molecule has 2 aromatic heterocycles. The molecule has 6 nitrogen and oxygen atoms in total. The third-order valence-corrected chi connectivity index (χ3v) is 6.37. The van der Waals surface area contributed by atoms with Crippen molar-refractivity contribution in [2.24, 2.45) is 0 Å². The number of pyridine rings is 1. The van der Waals surface area contributed by atoms with Crippen LogP contribution in [0.5, 0.6) is 0 Å². The van der Waals surface area contributed by atoms with Gasteiger partial charge in [-0.3, -0.25) is 4.72 Å². The molecule has 1 aromatic carbocycles. The number of anilines is 2. The first-order valence-corrected chi connectivity index (χ1v) is 10.5. The van der Waals surface area contributed by atoms with Gasteiger partial charge in [-0.05, 0) is 42.6 Å². The average molecular weight is 425 g/mol. The minimum atomic E-state index is -4.02. The monoisotopic (exact) mass is 425 g/mol. The van der Waals surface area contributed by atoms with Crippen molar-refractivity contribution in [2.45, 2.75) is 17.4 Å². The van der Waals surface area contributed by atoms with Gasteiger partial charge in [0.05, 0.1) is 5.69 Å². The molecule has 28 heavy (non-hydrogen) atoms. The standard InChI is InChI=1S/C18H17F2N3O3S2/c1-18(24,16-3-2-8-27-16)11-22-17-7-5-13(10-21-17)28(25,26)23-12-4-6-14(19)15(20)9-12/h2-10,23-24H,11H2,1H3,(H,21,22). The lowest BCUT2D eigenvalue weighted by atomic mass is 10.1. The van der Waals surface area contributed by atoms with E-state index in [0.717, 1.165) is 29.3 Å². The van der Waals surface area contributed by atoms with Gasteiger partial charge in [-0.25, -0.2) is 22.2 Å². The van der Waals surface area contributed by atoms with Crippen LogP contribution in [-0.2, 0) is 15.6 Å². The Hall–Kier alpha value is -2.56. The number of thiophene rings is 1. The van der Waals surface area contributed by atoms with Crippen LogP contribution >= 0.6 is 11.3 Å². The first-order valence-electron chi connectivity index (χ1n) is 8.11. The van der Waals surface area contributed by atoms with Crippen molar-refractivity contribution in [2.75, 3.05) is 16.6 Å². The van der Waals surface area contributed by atoms with Crippen LogP contribution in [0.3, 0.4) is 0 Å². The molecule has 3 aromatic rings. The highest BCUT2D eigenvalue weighted by molar-refractivity contribution is 7.92. The Kier molecular flexibility index (Phi) is 5.64. The summed E-state index contributed by atoms with van der Waals surface area (Å²) in [7, 11) is -4.02. The fraction of sp³-hybridized carbons (Fsp3) is 0.167. The molecule has 10 heteroatoms. The molecule has 148 valence electrons. The maximum absolute atomic E-state index is 13.2. The van der Waals surface area contributed by atoms with Crippen molar-refractivity contribution >= 4 is 32.9 Å². The van der Waals surface area contributed by atoms with Crippen LogP contribution in [0.15, 0.2) is 58.9 Å². The Bertz CT molecular complexity index is 1050. The van der Waals surface area contributed by atoms with Crippen molar-refractivity contribution in [1.82, 2.24) is 4.98 Å². The summed E-state index contributed by atoms with van der Waals surface area (Å²) < 4.78 is 53.1. The second-order valence-electron chi connectivity index (χ2n) is 6.22. The van der Waals surface area contributed by atoms with Crippen LogP contribution in [-0.4, -0.2) is 25.1 Å². The molecule has 2 heterocycles. The predicted molar refractivity (Wildman–Crippen MR) is 104 cm³/mol. The van der Waals surface area contributed by atoms with Crippen LogP contribution in [0, 0.1) is 11.6 Å². The number of hydrogen-bond donors (Lipinski definition) is 3. The van der Waals surface area contributed by atoms with E-state index in [1.807, 2.05) is 17.5 Å². The van der Waals surface area contributed by atoms with Crippen LogP contribution in [0.1, 0.15) is 11.8 Å². The summed E-state index contributed by atoms with van der Waals surface area (Å²) in [5.74, 6) is -1.85. The molecule has 3 N–H and O–H groups in total. The highest BCUT2D eigenvalue weighted by Crippen LogP contribution is 2.25. The van der Waals surface area contributed by atoms with Gasteiger partial charge in [-0.2, -0.15) is 0 Å². The molecule has 1 unspecified atom stereocenters. The van der Waals surface area contributed by atoms with Crippen molar-refractivity contribution in [3.8, 4) is 0 Å². The van der Waals surface area contributed by atoms with Gasteiger partial charge < -0.3 is 10.4 Å². The first-order chi connectivity index (χ1) is 13.2.